The molecular formula is C13H16N2O3S. The lowest BCUT2D eigenvalue weighted by molar-refractivity contribution is 0.412. The third-order valence-corrected chi connectivity index (χ3v) is 5.06. The minimum atomic E-state index is -3.47. The highest BCUT2D eigenvalue weighted by atomic mass is 32.2. The molecule has 0 unspecified atom stereocenters. The molecule has 0 saturated heterocycles. The molecular weight excluding hydrogens is 264 g/mol. The highest BCUT2D eigenvalue weighted by Gasteiger charge is 2.22. The summed E-state index contributed by atoms with van der Waals surface area (Å²) in [4.78, 5) is 4.21. The number of oxazole rings is 1. The Morgan fingerprint density at radius 3 is 2.79 bits per heavy atom. The van der Waals surface area contributed by atoms with Crippen LogP contribution in [-0.4, -0.2) is 19.4 Å². The monoisotopic (exact) mass is 280 g/mol. The fourth-order valence-electron chi connectivity index (χ4n) is 2.51. The molecule has 1 aliphatic rings. The Kier molecular flexibility index (Phi) is 3.28. The summed E-state index contributed by atoms with van der Waals surface area (Å²) in [5.41, 5.74) is 1.16. The Bertz CT molecular complexity index is 672. The second kappa shape index (κ2) is 4.94. The average Bonchev–Trinajstić information content (AvgIpc) is 2.86. The Labute approximate surface area is 112 Å². The van der Waals surface area contributed by atoms with Gasteiger partial charge in [0, 0.05) is 12.1 Å². The topological polar surface area (TPSA) is 72.2 Å². The van der Waals surface area contributed by atoms with Gasteiger partial charge >= 0.3 is 0 Å². The highest BCUT2D eigenvalue weighted by Crippen LogP contribution is 2.22. The van der Waals surface area contributed by atoms with Crippen LogP contribution in [0.4, 0.5) is 0 Å². The lowest BCUT2D eigenvalue weighted by atomic mass is 9.96. The molecule has 1 aromatic heterocycles. The normalized spacial score (nSPS) is 17.9. The van der Waals surface area contributed by atoms with Gasteiger partial charge in [-0.15, -0.1) is 0 Å². The first-order valence-corrected chi connectivity index (χ1v) is 7.99. The lowest BCUT2D eigenvalue weighted by Gasteiger charge is -2.22. The SMILES string of the molecule is O=S(=O)(NC1CCCCC1)c1ccc2ncoc2c1. The van der Waals surface area contributed by atoms with Crippen LogP contribution in [0.25, 0.3) is 11.1 Å². The molecule has 1 aliphatic carbocycles. The van der Waals surface area contributed by atoms with E-state index in [0.29, 0.717) is 11.1 Å². The first-order valence-electron chi connectivity index (χ1n) is 6.51. The van der Waals surface area contributed by atoms with Gasteiger partial charge in [0.2, 0.25) is 10.0 Å². The van der Waals surface area contributed by atoms with Crippen molar-refractivity contribution in [1.82, 2.24) is 9.71 Å². The average molecular weight is 280 g/mol. The third kappa shape index (κ3) is 2.64. The summed E-state index contributed by atoms with van der Waals surface area (Å²) in [5.74, 6) is 0. The van der Waals surface area contributed by atoms with Crippen molar-refractivity contribution in [2.75, 3.05) is 0 Å². The van der Waals surface area contributed by atoms with Crippen LogP contribution < -0.4 is 4.72 Å². The Morgan fingerprint density at radius 1 is 1.21 bits per heavy atom. The minimum absolute atomic E-state index is 0.0594. The molecule has 1 N–H and O–H groups in total. The number of nitrogens with zero attached hydrogens (tertiary/aromatic N) is 1. The molecule has 1 aromatic carbocycles. The van der Waals surface area contributed by atoms with Crippen molar-refractivity contribution in [2.45, 2.75) is 43.0 Å². The van der Waals surface area contributed by atoms with Crippen molar-refractivity contribution in [3.8, 4) is 0 Å². The van der Waals surface area contributed by atoms with Gasteiger partial charge in [-0.25, -0.2) is 18.1 Å². The quantitative estimate of drug-likeness (QED) is 0.937. The first-order chi connectivity index (χ1) is 9.15. The molecule has 0 aliphatic heterocycles. The van der Waals surface area contributed by atoms with Crippen molar-refractivity contribution < 1.29 is 12.8 Å². The number of hydrogen-bond donors (Lipinski definition) is 1. The Morgan fingerprint density at radius 2 is 2.00 bits per heavy atom. The largest absolute Gasteiger partial charge is 0.443 e. The number of nitrogens with one attached hydrogen (secondary N) is 1. The maximum atomic E-state index is 12.3. The summed E-state index contributed by atoms with van der Waals surface area (Å²) in [5, 5.41) is 0. The number of benzene rings is 1. The molecule has 1 heterocycles. The highest BCUT2D eigenvalue weighted by molar-refractivity contribution is 7.89. The zero-order valence-corrected chi connectivity index (χ0v) is 11.3. The van der Waals surface area contributed by atoms with Crippen LogP contribution in [0.5, 0.6) is 0 Å². The predicted octanol–water partition coefficient (Wildman–Crippen LogP) is 2.44. The van der Waals surface area contributed by atoms with E-state index in [4.69, 9.17) is 4.42 Å². The fraction of sp³-hybridized carbons (Fsp3) is 0.462. The van der Waals surface area contributed by atoms with Gasteiger partial charge in [-0.2, -0.15) is 0 Å². The minimum Gasteiger partial charge on any atom is -0.443 e. The summed E-state index contributed by atoms with van der Waals surface area (Å²) in [6.07, 6.45) is 6.54. The number of rotatable bonds is 3. The molecule has 0 bridgehead atoms. The van der Waals surface area contributed by atoms with Crippen molar-refractivity contribution >= 4 is 21.1 Å². The van der Waals surface area contributed by atoms with Gasteiger partial charge < -0.3 is 4.42 Å². The first kappa shape index (κ1) is 12.6. The predicted molar refractivity (Wildman–Crippen MR) is 71.2 cm³/mol. The van der Waals surface area contributed by atoms with E-state index in [-0.39, 0.29) is 10.9 Å². The molecule has 1 saturated carbocycles. The molecule has 3 rings (SSSR count). The van der Waals surface area contributed by atoms with Crippen molar-refractivity contribution in [1.29, 1.82) is 0 Å². The van der Waals surface area contributed by atoms with Gasteiger partial charge in [-0.05, 0) is 25.0 Å². The molecule has 2 aromatic rings. The van der Waals surface area contributed by atoms with E-state index in [1.165, 1.54) is 18.9 Å². The summed E-state index contributed by atoms with van der Waals surface area (Å²) >= 11 is 0. The van der Waals surface area contributed by atoms with E-state index in [1.54, 1.807) is 12.1 Å². The van der Waals surface area contributed by atoms with E-state index < -0.39 is 10.0 Å². The van der Waals surface area contributed by atoms with Crippen LogP contribution in [0.15, 0.2) is 33.9 Å². The maximum Gasteiger partial charge on any atom is 0.240 e. The standard InChI is InChI=1S/C13H16N2O3S/c16-19(17,15-10-4-2-1-3-5-10)11-6-7-12-13(8-11)18-9-14-12/h6-10,15H,1-5H2. The molecule has 0 spiro atoms. The van der Waals surface area contributed by atoms with Gasteiger partial charge in [0.05, 0.1) is 4.90 Å². The zero-order valence-electron chi connectivity index (χ0n) is 10.5. The number of hydrogen-bond acceptors (Lipinski definition) is 4. The lowest BCUT2D eigenvalue weighted by Crippen LogP contribution is -2.36. The van der Waals surface area contributed by atoms with E-state index in [9.17, 15) is 8.42 Å². The van der Waals surface area contributed by atoms with Gasteiger partial charge in [0.15, 0.2) is 12.0 Å². The van der Waals surface area contributed by atoms with Gasteiger partial charge in [0.25, 0.3) is 0 Å². The number of sulfonamides is 1. The molecule has 102 valence electrons. The van der Waals surface area contributed by atoms with E-state index in [2.05, 4.69) is 9.71 Å². The van der Waals surface area contributed by atoms with Crippen LogP contribution in [0, 0.1) is 0 Å². The van der Waals surface area contributed by atoms with Gasteiger partial charge in [-0.1, -0.05) is 19.3 Å². The number of fused-ring (bicyclic) bond motifs is 1. The third-order valence-electron chi connectivity index (χ3n) is 3.54. The van der Waals surface area contributed by atoms with E-state index in [1.807, 2.05) is 0 Å². The summed E-state index contributed by atoms with van der Waals surface area (Å²) in [7, 11) is -3.47. The Balaban J connectivity index is 1.85. The van der Waals surface area contributed by atoms with Crippen molar-refractivity contribution in [3.63, 3.8) is 0 Å². The molecule has 0 amide bonds. The van der Waals surface area contributed by atoms with Crippen LogP contribution in [-0.2, 0) is 10.0 Å². The fourth-order valence-corrected chi connectivity index (χ4v) is 3.83. The maximum absolute atomic E-state index is 12.3. The summed E-state index contributed by atoms with van der Waals surface area (Å²) < 4.78 is 32.5. The smallest absolute Gasteiger partial charge is 0.240 e. The molecule has 0 radical (unpaired) electrons. The molecule has 19 heavy (non-hydrogen) atoms. The van der Waals surface area contributed by atoms with Crippen LogP contribution >= 0.6 is 0 Å². The van der Waals surface area contributed by atoms with Crippen LogP contribution in [0.2, 0.25) is 0 Å². The van der Waals surface area contributed by atoms with Gasteiger partial charge in [0.1, 0.15) is 5.52 Å². The number of aromatic nitrogens is 1. The van der Waals surface area contributed by atoms with Crippen LogP contribution in [0.1, 0.15) is 32.1 Å². The second-order valence-electron chi connectivity index (χ2n) is 4.94. The Hall–Kier alpha value is -1.40. The molecule has 6 heteroatoms. The summed E-state index contributed by atoms with van der Waals surface area (Å²) in [6, 6.07) is 4.81. The van der Waals surface area contributed by atoms with E-state index in [0.717, 1.165) is 25.7 Å². The van der Waals surface area contributed by atoms with Crippen molar-refractivity contribution in [2.24, 2.45) is 0 Å². The van der Waals surface area contributed by atoms with E-state index >= 15 is 0 Å². The zero-order chi connectivity index (χ0) is 13.3. The molecule has 1 fully saturated rings. The summed E-state index contributed by atoms with van der Waals surface area (Å²) in [6.45, 7) is 0. The van der Waals surface area contributed by atoms with Crippen LogP contribution in [0.3, 0.4) is 0 Å². The van der Waals surface area contributed by atoms with Crippen molar-refractivity contribution in [3.05, 3.63) is 24.6 Å². The molecule has 0 atom stereocenters. The second-order valence-corrected chi connectivity index (χ2v) is 6.65. The molecule has 5 nitrogen and oxygen atoms in total. The van der Waals surface area contributed by atoms with Gasteiger partial charge in [-0.3, -0.25) is 0 Å².